The zero-order valence-electron chi connectivity index (χ0n) is 19.0. The third kappa shape index (κ3) is 4.03. The minimum absolute atomic E-state index is 0.341. The molecule has 1 aliphatic heterocycles. The Bertz CT molecular complexity index is 1240. The first kappa shape index (κ1) is 23.4. The molecule has 3 aromatic rings. The normalized spacial score (nSPS) is 15.7. The summed E-state index contributed by atoms with van der Waals surface area (Å²) < 4.78 is 1.92. The first-order valence-electron chi connectivity index (χ1n) is 10.5. The highest BCUT2D eigenvalue weighted by molar-refractivity contribution is 7.80. The summed E-state index contributed by atoms with van der Waals surface area (Å²) >= 11 is 20.1. The van der Waals surface area contributed by atoms with Crippen molar-refractivity contribution in [2.24, 2.45) is 10.9 Å². The van der Waals surface area contributed by atoms with Crippen molar-refractivity contribution in [1.82, 2.24) is 14.7 Å². The molecule has 0 spiro atoms. The van der Waals surface area contributed by atoms with E-state index in [0.717, 1.165) is 39.8 Å². The number of aliphatic imine (C=N–C) groups is 1. The summed E-state index contributed by atoms with van der Waals surface area (Å²) in [6.45, 7) is 10.7. The molecule has 4 nitrogen and oxygen atoms in total. The van der Waals surface area contributed by atoms with Crippen molar-refractivity contribution in [2.45, 2.75) is 46.6 Å². The minimum atomic E-state index is -0.341. The Kier molecular flexibility index (Phi) is 6.27. The molecule has 8 heteroatoms. The molecule has 0 radical (unpaired) electrons. The summed E-state index contributed by atoms with van der Waals surface area (Å²) in [6, 6.07) is 9.86. The quantitative estimate of drug-likeness (QED) is 0.344. The monoisotopic (exact) mass is 504 g/mol. The van der Waals surface area contributed by atoms with Gasteiger partial charge in [0.1, 0.15) is 10.7 Å². The molecule has 0 bridgehead atoms. The molecule has 0 aliphatic carbocycles. The molecule has 1 aliphatic rings. The van der Waals surface area contributed by atoms with Gasteiger partial charge in [-0.1, -0.05) is 49.3 Å². The van der Waals surface area contributed by atoms with Gasteiger partial charge in [0.2, 0.25) is 0 Å². The van der Waals surface area contributed by atoms with Gasteiger partial charge in [0.05, 0.1) is 26.8 Å². The average Bonchev–Trinajstić information content (AvgIpc) is 3.33. The number of nitrogens with zero attached hydrogens (tertiary/aromatic N) is 4. The Balaban J connectivity index is 1.93. The van der Waals surface area contributed by atoms with Gasteiger partial charge < -0.3 is 4.90 Å². The van der Waals surface area contributed by atoms with Crippen molar-refractivity contribution in [1.29, 1.82) is 0 Å². The van der Waals surface area contributed by atoms with E-state index in [2.05, 4.69) is 51.7 Å². The molecule has 0 unspecified atom stereocenters. The second-order valence-corrected chi connectivity index (χ2v) is 11.5. The highest BCUT2D eigenvalue weighted by Gasteiger charge is 2.39. The van der Waals surface area contributed by atoms with Crippen LogP contribution in [0.25, 0.3) is 16.3 Å². The highest BCUT2D eigenvalue weighted by Crippen LogP contribution is 2.38. The number of rotatable bonds is 5. The number of hydrogen-bond acceptors (Lipinski definition) is 4. The maximum Gasteiger partial charge on any atom is 0.158 e. The van der Waals surface area contributed by atoms with Crippen LogP contribution in [-0.2, 0) is 6.42 Å². The molecule has 3 heterocycles. The molecule has 0 N–H and O–H groups in total. The van der Waals surface area contributed by atoms with E-state index in [0.29, 0.717) is 21.0 Å². The second-order valence-electron chi connectivity index (χ2n) is 9.05. The third-order valence-corrected chi connectivity index (χ3v) is 8.11. The molecule has 0 fully saturated rings. The summed E-state index contributed by atoms with van der Waals surface area (Å²) in [5, 5.41) is 6.15. The van der Waals surface area contributed by atoms with E-state index in [1.807, 2.05) is 23.9 Å². The Morgan fingerprint density at radius 1 is 1.16 bits per heavy atom. The first-order chi connectivity index (χ1) is 15.0. The molecule has 1 aromatic carbocycles. The van der Waals surface area contributed by atoms with Gasteiger partial charge in [-0.25, -0.2) is 9.67 Å². The van der Waals surface area contributed by atoms with Crippen LogP contribution in [0.3, 0.4) is 0 Å². The average molecular weight is 506 g/mol. The molecule has 168 valence electrons. The van der Waals surface area contributed by atoms with Gasteiger partial charge in [-0.05, 0) is 63.4 Å². The fourth-order valence-corrected chi connectivity index (χ4v) is 5.79. The van der Waals surface area contributed by atoms with Crippen molar-refractivity contribution >= 4 is 57.6 Å². The molecule has 4 rings (SSSR count). The van der Waals surface area contributed by atoms with Crippen LogP contribution in [0, 0.1) is 12.8 Å². The molecule has 0 atom stereocenters. The molecule has 2 aromatic heterocycles. The number of halogens is 2. The lowest BCUT2D eigenvalue weighted by Crippen LogP contribution is -2.43. The summed E-state index contributed by atoms with van der Waals surface area (Å²) in [5.41, 5.74) is 3.30. The number of hydrogen-bond donors (Lipinski definition) is 0. The standard InChI is InChI=1S/C24H26Cl2N4S2/c1-13(2)11-16-8-10-19(32-16)21-14(3)20(22-27-23(31)24(4,5)29(22)6)28-30(21)18-9-7-15(25)12-17(18)26/h7-10,12-13H,11H2,1-6H3. The summed E-state index contributed by atoms with van der Waals surface area (Å²) in [6.07, 6.45) is 1.05. The largest absolute Gasteiger partial charge is 0.346 e. The van der Waals surface area contributed by atoms with Gasteiger partial charge in [0.25, 0.3) is 0 Å². The van der Waals surface area contributed by atoms with Crippen molar-refractivity contribution < 1.29 is 0 Å². The maximum absolute atomic E-state index is 6.61. The molecular formula is C24H26Cl2N4S2. The predicted molar refractivity (Wildman–Crippen MR) is 141 cm³/mol. The third-order valence-electron chi connectivity index (χ3n) is 5.86. The van der Waals surface area contributed by atoms with Crippen molar-refractivity contribution in [3.8, 4) is 16.3 Å². The number of aromatic nitrogens is 2. The van der Waals surface area contributed by atoms with E-state index in [1.54, 1.807) is 17.4 Å². The molecule has 32 heavy (non-hydrogen) atoms. The molecule has 0 saturated heterocycles. The van der Waals surface area contributed by atoms with E-state index in [1.165, 1.54) is 4.88 Å². The Morgan fingerprint density at radius 2 is 1.88 bits per heavy atom. The lowest BCUT2D eigenvalue weighted by molar-refractivity contribution is 0.363. The van der Waals surface area contributed by atoms with Crippen molar-refractivity contribution in [3.05, 3.63) is 56.5 Å². The minimum Gasteiger partial charge on any atom is -0.346 e. The van der Waals surface area contributed by atoms with Crippen LogP contribution in [-0.4, -0.2) is 38.1 Å². The van der Waals surface area contributed by atoms with Crippen LogP contribution in [0.2, 0.25) is 10.0 Å². The Morgan fingerprint density at radius 3 is 2.47 bits per heavy atom. The van der Waals surface area contributed by atoms with Crippen LogP contribution in [0.15, 0.2) is 35.3 Å². The number of likely N-dealkylation sites (N-methyl/N-ethyl adjacent to an activating group) is 1. The summed E-state index contributed by atoms with van der Waals surface area (Å²) in [7, 11) is 2.01. The Labute approximate surface area is 208 Å². The van der Waals surface area contributed by atoms with E-state index < -0.39 is 0 Å². The topological polar surface area (TPSA) is 33.4 Å². The van der Waals surface area contributed by atoms with Crippen LogP contribution >= 0.6 is 46.8 Å². The van der Waals surface area contributed by atoms with Gasteiger partial charge >= 0.3 is 0 Å². The summed E-state index contributed by atoms with van der Waals surface area (Å²) in [5.74, 6) is 1.38. The fraction of sp³-hybridized carbons (Fsp3) is 0.375. The van der Waals surface area contributed by atoms with Gasteiger partial charge in [-0.15, -0.1) is 11.3 Å². The SMILES string of the molecule is Cc1c(C2=NC(=S)C(C)(C)N2C)nn(-c2ccc(Cl)cc2Cl)c1-c1ccc(CC(C)C)s1. The van der Waals surface area contributed by atoms with Crippen LogP contribution in [0.4, 0.5) is 0 Å². The van der Waals surface area contributed by atoms with Crippen LogP contribution in [0.5, 0.6) is 0 Å². The number of benzene rings is 1. The van der Waals surface area contributed by atoms with Gasteiger partial charge in [-0.2, -0.15) is 5.10 Å². The lowest BCUT2D eigenvalue weighted by Gasteiger charge is -2.29. The molecular weight excluding hydrogens is 479 g/mol. The smallest absolute Gasteiger partial charge is 0.158 e. The first-order valence-corrected chi connectivity index (χ1v) is 12.5. The van der Waals surface area contributed by atoms with E-state index in [4.69, 9.17) is 45.5 Å². The fourth-order valence-electron chi connectivity index (χ4n) is 3.77. The molecule has 0 saturated carbocycles. The zero-order valence-corrected chi connectivity index (χ0v) is 22.2. The van der Waals surface area contributed by atoms with Crippen LogP contribution < -0.4 is 0 Å². The van der Waals surface area contributed by atoms with Crippen molar-refractivity contribution in [2.75, 3.05) is 7.05 Å². The number of thiophene rings is 1. The number of amidine groups is 1. The zero-order chi connectivity index (χ0) is 23.4. The van der Waals surface area contributed by atoms with Crippen LogP contribution in [0.1, 0.15) is 43.8 Å². The second kappa shape index (κ2) is 8.56. The maximum atomic E-state index is 6.61. The van der Waals surface area contributed by atoms with Gasteiger partial charge in [0.15, 0.2) is 5.84 Å². The highest BCUT2D eigenvalue weighted by atomic mass is 35.5. The van der Waals surface area contributed by atoms with Gasteiger partial charge in [0, 0.05) is 22.5 Å². The van der Waals surface area contributed by atoms with E-state index in [-0.39, 0.29) is 5.54 Å². The van der Waals surface area contributed by atoms with E-state index >= 15 is 0 Å². The molecule has 0 amide bonds. The number of thiocarbonyl (C=S) groups is 1. The Hall–Kier alpha value is -1.73. The summed E-state index contributed by atoms with van der Waals surface area (Å²) in [4.78, 5) is 9.97. The van der Waals surface area contributed by atoms with Crippen molar-refractivity contribution in [3.63, 3.8) is 0 Å². The van der Waals surface area contributed by atoms with E-state index in [9.17, 15) is 0 Å². The van der Waals surface area contributed by atoms with Gasteiger partial charge in [-0.3, -0.25) is 0 Å². The lowest BCUT2D eigenvalue weighted by atomic mass is 10.1. The predicted octanol–water partition coefficient (Wildman–Crippen LogP) is 7.21.